The molecule has 1 aromatic carbocycles. The molecule has 3 nitrogen and oxygen atoms in total. The van der Waals surface area contributed by atoms with Crippen molar-refractivity contribution in [1.82, 2.24) is 9.80 Å². The van der Waals surface area contributed by atoms with Gasteiger partial charge in [-0.2, -0.15) is 0 Å². The van der Waals surface area contributed by atoms with Crippen molar-refractivity contribution in [2.45, 2.75) is 70.9 Å². The number of rotatable bonds is 3. The fraction of sp³-hybridized carbons (Fsp3) is 0.650. The van der Waals surface area contributed by atoms with Crippen LogP contribution in [0.2, 0.25) is 0 Å². The van der Waals surface area contributed by atoms with E-state index in [-0.39, 0.29) is 0 Å². The van der Waals surface area contributed by atoms with Gasteiger partial charge in [-0.05, 0) is 64.4 Å². The average Bonchev–Trinajstić information content (AvgIpc) is 2.95. The van der Waals surface area contributed by atoms with Gasteiger partial charge in [0.1, 0.15) is 0 Å². The molecule has 0 unspecified atom stereocenters. The predicted molar refractivity (Wildman–Crippen MR) is 94.6 cm³/mol. The number of hydrogen-bond acceptors (Lipinski definition) is 1. The third-order valence-corrected chi connectivity index (χ3v) is 5.52. The Hall–Kier alpha value is -1.51. The second-order valence-electron chi connectivity index (χ2n) is 7.34. The predicted octanol–water partition coefficient (Wildman–Crippen LogP) is 4.39. The molecule has 0 N–H and O–H groups in total. The average molecular weight is 314 g/mol. The van der Waals surface area contributed by atoms with Crippen molar-refractivity contribution in [2.24, 2.45) is 0 Å². The molecule has 0 spiro atoms. The quantitative estimate of drug-likeness (QED) is 0.812. The molecule has 0 aliphatic carbocycles. The maximum Gasteiger partial charge on any atom is 0.320 e. The molecule has 0 radical (unpaired) electrons. The van der Waals surface area contributed by atoms with E-state index >= 15 is 0 Å². The van der Waals surface area contributed by atoms with Gasteiger partial charge >= 0.3 is 6.03 Å². The molecule has 3 heteroatoms. The summed E-state index contributed by atoms with van der Waals surface area (Å²) in [6, 6.07) is 9.93. The minimum atomic E-state index is 0.295. The Bertz CT molecular complexity index is 519. The Morgan fingerprint density at radius 1 is 1.09 bits per heavy atom. The summed E-state index contributed by atoms with van der Waals surface area (Å²) in [5, 5.41) is 0. The number of hydrogen-bond donors (Lipinski definition) is 0. The number of nitrogens with zero attached hydrogens (tertiary/aromatic N) is 2. The maximum atomic E-state index is 12.9. The van der Waals surface area contributed by atoms with Crippen LogP contribution < -0.4 is 0 Å². The van der Waals surface area contributed by atoms with Crippen LogP contribution in [0.5, 0.6) is 0 Å². The van der Waals surface area contributed by atoms with Gasteiger partial charge in [0.15, 0.2) is 0 Å². The van der Waals surface area contributed by atoms with Crippen LogP contribution in [0.4, 0.5) is 4.79 Å². The zero-order valence-electron chi connectivity index (χ0n) is 14.6. The van der Waals surface area contributed by atoms with E-state index in [1.54, 1.807) is 0 Å². The van der Waals surface area contributed by atoms with Crippen LogP contribution in [0.1, 0.15) is 56.6 Å². The lowest BCUT2D eigenvalue weighted by molar-refractivity contribution is 0.124. The molecule has 3 rings (SSSR count). The normalized spacial score (nSPS) is 25.0. The van der Waals surface area contributed by atoms with Crippen molar-refractivity contribution in [3.8, 4) is 0 Å². The van der Waals surface area contributed by atoms with E-state index in [0.29, 0.717) is 18.1 Å². The van der Waals surface area contributed by atoms with E-state index in [1.807, 2.05) is 0 Å². The smallest absolute Gasteiger partial charge is 0.320 e. The largest absolute Gasteiger partial charge is 0.325 e. The lowest BCUT2D eigenvalue weighted by atomic mass is 10.0. The van der Waals surface area contributed by atoms with Crippen molar-refractivity contribution >= 4 is 6.03 Å². The van der Waals surface area contributed by atoms with E-state index in [0.717, 1.165) is 38.8 Å². The highest BCUT2D eigenvalue weighted by molar-refractivity contribution is 5.75. The molecule has 2 heterocycles. The summed E-state index contributed by atoms with van der Waals surface area (Å²) in [7, 11) is 0. The van der Waals surface area contributed by atoms with Crippen LogP contribution in [0.3, 0.4) is 0 Å². The Morgan fingerprint density at radius 3 is 2.48 bits per heavy atom. The molecule has 0 saturated carbocycles. The minimum absolute atomic E-state index is 0.295. The van der Waals surface area contributed by atoms with Crippen LogP contribution in [0.15, 0.2) is 24.3 Å². The molecule has 2 aliphatic heterocycles. The van der Waals surface area contributed by atoms with Crippen LogP contribution >= 0.6 is 0 Å². The van der Waals surface area contributed by atoms with Crippen molar-refractivity contribution in [2.75, 3.05) is 13.1 Å². The van der Waals surface area contributed by atoms with E-state index in [4.69, 9.17) is 0 Å². The first-order valence-electron chi connectivity index (χ1n) is 9.28. The molecule has 2 amide bonds. The zero-order valence-corrected chi connectivity index (χ0v) is 14.6. The summed E-state index contributed by atoms with van der Waals surface area (Å²) >= 11 is 0. The topological polar surface area (TPSA) is 23.6 Å². The molecule has 2 atom stereocenters. The third-order valence-electron chi connectivity index (χ3n) is 5.52. The first-order chi connectivity index (χ1) is 11.1. The van der Waals surface area contributed by atoms with Crippen LogP contribution in [0, 0.1) is 6.92 Å². The van der Waals surface area contributed by atoms with Crippen LogP contribution in [-0.4, -0.2) is 41.0 Å². The van der Waals surface area contributed by atoms with Gasteiger partial charge in [-0.1, -0.05) is 29.8 Å². The van der Waals surface area contributed by atoms with E-state index in [1.165, 1.54) is 30.4 Å². The molecular formula is C20H30N2O. The molecule has 126 valence electrons. The van der Waals surface area contributed by atoms with Crippen molar-refractivity contribution < 1.29 is 4.79 Å². The Labute approximate surface area is 140 Å². The van der Waals surface area contributed by atoms with Crippen molar-refractivity contribution in [1.29, 1.82) is 0 Å². The summed E-state index contributed by atoms with van der Waals surface area (Å²) in [4.78, 5) is 17.2. The first-order valence-corrected chi connectivity index (χ1v) is 9.28. The highest BCUT2D eigenvalue weighted by atomic mass is 16.2. The highest BCUT2D eigenvalue weighted by Gasteiger charge is 2.36. The molecule has 0 aromatic heterocycles. The molecule has 2 saturated heterocycles. The monoisotopic (exact) mass is 314 g/mol. The standard InChI is InChI=1S/C20H30N2O/c1-16-6-9-18(10-7-16)11-13-19-12-8-17(2)22(19)20(23)21-14-4-3-5-15-21/h6-7,9-10,17,19H,3-5,8,11-15H2,1-2H3/t17-,19-/m1/s1. The number of carbonyl (C=O) groups is 1. The number of urea groups is 1. The van der Waals surface area contributed by atoms with Gasteiger partial charge < -0.3 is 9.80 Å². The van der Waals surface area contributed by atoms with E-state index in [2.05, 4.69) is 47.9 Å². The molecule has 0 bridgehead atoms. The Morgan fingerprint density at radius 2 is 1.78 bits per heavy atom. The fourth-order valence-electron chi connectivity index (χ4n) is 4.04. The minimum Gasteiger partial charge on any atom is -0.325 e. The summed E-state index contributed by atoms with van der Waals surface area (Å²) in [6.07, 6.45) is 8.08. The highest BCUT2D eigenvalue weighted by Crippen LogP contribution is 2.29. The molecule has 2 aliphatic rings. The number of aryl methyl sites for hydroxylation is 2. The van der Waals surface area contributed by atoms with Gasteiger partial charge in [0.25, 0.3) is 0 Å². The van der Waals surface area contributed by atoms with Gasteiger partial charge in [0, 0.05) is 25.2 Å². The summed E-state index contributed by atoms with van der Waals surface area (Å²) in [6.45, 7) is 6.24. The second kappa shape index (κ2) is 7.37. The van der Waals surface area contributed by atoms with E-state index < -0.39 is 0 Å². The molecule has 2 fully saturated rings. The molecule has 1 aromatic rings. The maximum absolute atomic E-state index is 12.9. The van der Waals surface area contributed by atoms with Gasteiger partial charge in [-0.3, -0.25) is 0 Å². The zero-order chi connectivity index (χ0) is 16.2. The summed E-state index contributed by atoms with van der Waals surface area (Å²) in [5.74, 6) is 0. The van der Waals surface area contributed by atoms with E-state index in [9.17, 15) is 4.79 Å². The van der Waals surface area contributed by atoms with Gasteiger partial charge in [0.05, 0.1) is 0 Å². The fourth-order valence-corrected chi connectivity index (χ4v) is 4.04. The summed E-state index contributed by atoms with van der Waals surface area (Å²) in [5.41, 5.74) is 2.70. The number of piperidine rings is 1. The van der Waals surface area contributed by atoms with Gasteiger partial charge in [-0.25, -0.2) is 4.79 Å². The summed E-state index contributed by atoms with van der Waals surface area (Å²) < 4.78 is 0. The number of amides is 2. The third kappa shape index (κ3) is 3.88. The molecule has 23 heavy (non-hydrogen) atoms. The van der Waals surface area contributed by atoms with Crippen LogP contribution in [0.25, 0.3) is 0 Å². The number of likely N-dealkylation sites (tertiary alicyclic amines) is 2. The van der Waals surface area contributed by atoms with Gasteiger partial charge in [-0.15, -0.1) is 0 Å². The number of benzene rings is 1. The van der Waals surface area contributed by atoms with Gasteiger partial charge in [0.2, 0.25) is 0 Å². The Balaban J connectivity index is 1.61. The van der Waals surface area contributed by atoms with Crippen LogP contribution in [-0.2, 0) is 6.42 Å². The lowest BCUT2D eigenvalue weighted by Crippen LogP contribution is -2.49. The van der Waals surface area contributed by atoms with Crippen molar-refractivity contribution in [3.63, 3.8) is 0 Å². The molecular weight excluding hydrogens is 284 g/mol. The SMILES string of the molecule is Cc1ccc(CC[C@H]2CC[C@@H](C)N2C(=O)N2CCCCC2)cc1. The second-order valence-corrected chi connectivity index (χ2v) is 7.34. The lowest BCUT2D eigenvalue weighted by Gasteiger charge is -2.36. The number of carbonyl (C=O) groups excluding carboxylic acids is 1. The first kappa shape index (κ1) is 16.4. The van der Waals surface area contributed by atoms with Crippen molar-refractivity contribution in [3.05, 3.63) is 35.4 Å². The Kier molecular flexibility index (Phi) is 5.24.